The molecule has 2 aliphatic rings. The van der Waals surface area contributed by atoms with Gasteiger partial charge in [0.15, 0.2) is 0 Å². The van der Waals surface area contributed by atoms with Crippen LogP contribution in [0.5, 0.6) is 0 Å². The molecule has 28 heavy (non-hydrogen) atoms. The standard InChI is InChI=1S/C25H30N2S/c1-16(2)14-26-15-27-20-12-17-18(25(5,6)11-10-24(17,3)4)13-22(20)28-21-9-7-8-19(26)23(21)27/h7-9,12-13,16H,10-11,14H2,1-6H3. The highest BCUT2D eigenvalue weighted by Crippen LogP contribution is 2.49. The summed E-state index contributed by atoms with van der Waals surface area (Å²) in [6, 6.07) is 11.7. The van der Waals surface area contributed by atoms with Crippen LogP contribution in [0.1, 0.15) is 65.5 Å². The van der Waals surface area contributed by atoms with Crippen molar-refractivity contribution in [1.82, 2.24) is 4.57 Å². The Morgan fingerprint density at radius 2 is 1.71 bits per heavy atom. The number of rotatable bonds is 2. The zero-order chi connectivity index (χ0) is 19.8. The molecule has 2 aromatic carbocycles. The molecule has 5 rings (SSSR count). The van der Waals surface area contributed by atoms with Crippen LogP contribution >= 0.6 is 11.8 Å². The van der Waals surface area contributed by atoms with Crippen LogP contribution in [0.4, 0.5) is 0 Å². The zero-order valence-corrected chi connectivity index (χ0v) is 18.7. The Kier molecular flexibility index (Phi) is 3.85. The third-order valence-electron chi connectivity index (χ3n) is 6.65. The van der Waals surface area contributed by atoms with Gasteiger partial charge in [0.2, 0.25) is 6.33 Å². The van der Waals surface area contributed by atoms with E-state index >= 15 is 0 Å². The lowest BCUT2D eigenvalue weighted by molar-refractivity contribution is -0.577. The second kappa shape index (κ2) is 5.89. The van der Waals surface area contributed by atoms with Crippen molar-refractivity contribution in [2.24, 2.45) is 5.92 Å². The summed E-state index contributed by atoms with van der Waals surface area (Å²) < 4.78 is 4.64. The molecule has 1 aliphatic heterocycles. The molecule has 2 nitrogen and oxygen atoms in total. The smallest absolute Gasteiger partial charge is 0.244 e. The highest BCUT2D eigenvalue weighted by molar-refractivity contribution is 7.99. The first-order valence-electron chi connectivity index (χ1n) is 10.5. The van der Waals surface area contributed by atoms with Crippen molar-refractivity contribution in [3.63, 3.8) is 0 Å². The number of aromatic nitrogens is 2. The van der Waals surface area contributed by atoms with Gasteiger partial charge in [0.25, 0.3) is 0 Å². The Morgan fingerprint density at radius 1 is 1.04 bits per heavy atom. The molecule has 1 aliphatic carbocycles. The molecule has 0 atom stereocenters. The normalized spacial score (nSPS) is 19.0. The van der Waals surface area contributed by atoms with Gasteiger partial charge < -0.3 is 9.13 Å². The first-order chi connectivity index (χ1) is 13.2. The van der Waals surface area contributed by atoms with Crippen LogP contribution in [0, 0.1) is 12.2 Å². The maximum atomic E-state index is 3.69. The number of fused-ring (bicyclic) bond motifs is 3. The number of benzene rings is 2. The summed E-state index contributed by atoms with van der Waals surface area (Å²) in [6.45, 7) is 15.2. The quantitative estimate of drug-likeness (QED) is 0.293. The number of imidazole rings is 1. The lowest BCUT2D eigenvalue weighted by atomic mass is 9.63. The van der Waals surface area contributed by atoms with E-state index in [1.54, 1.807) is 0 Å². The molecule has 0 saturated heterocycles. The minimum absolute atomic E-state index is 0.224. The van der Waals surface area contributed by atoms with Gasteiger partial charge >= 0.3 is 0 Å². The highest BCUT2D eigenvalue weighted by Gasteiger charge is 2.38. The molecular formula is C25H30N2S. The first-order valence-corrected chi connectivity index (χ1v) is 11.3. The van der Waals surface area contributed by atoms with E-state index in [1.165, 1.54) is 50.5 Å². The van der Waals surface area contributed by atoms with Crippen LogP contribution in [-0.4, -0.2) is 4.57 Å². The number of para-hydroxylation sites is 1. The van der Waals surface area contributed by atoms with Crippen molar-refractivity contribution in [3.05, 3.63) is 47.8 Å². The molecule has 0 radical (unpaired) electrons. The Morgan fingerprint density at radius 3 is 2.39 bits per heavy atom. The Hall–Kier alpha value is -1.74. The molecule has 0 saturated carbocycles. The van der Waals surface area contributed by atoms with Crippen LogP contribution in [0.25, 0.3) is 16.7 Å². The molecule has 0 unspecified atom stereocenters. The van der Waals surface area contributed by atoms with Crippen LogP contribution in [0.3, 0.4) is 0 Å². The van der Waals surface area contributed by atoms with Gasteiger partial charge in [-0.05, 0) is 46.8 Å². The monoisotopic (exact) mass is 390 g/mol. The largest absolute Gasteiger partial charge is 0.317 e. The molecule has 0 amide bonds. The summed E-state index contributed by atoms with van der Waals surface area (Å²) in [5.41, 5.74) is 7.43. The van der Waals surface area contributed by atoms with E-state index in [-0.39, 0.29) is 10.8 Å². The van der Waals surface area contributed by atoms with E-state index in [2.05, 4.69) is 87.3 Å². The summed E-state index contributed by atoms with van der Waals surface area (Å²) in [5, 5.41) is 0. The number of nitrogens with zero attached hydrogens (tertiary/aromatic N) is 2. The van der Waals surface area contributed by atoms with Crippen LogP contribution in [0.2, 0.25) is 0 Å². The Balaban J connectivity index is 1.79. The van der Waals surface area contributed by atoms with Crippen molar-refractivity contribution in [3.8, 4) is 5.69 Å². The second-order valence-corrected chi connectivity index (χ2v) is 11.4. The van der Waals surface area contributed by atoms with E-state index in [1.807, 2.05) is 11.8 Å². The van der Waals surface area contributed by atoms with Crippen molar-refractivity contribution in [2.45, 2.75) is 81.5 Å². The summed E-state index contributed by atoms with van der Waals surface area (Å²) in [4.78, 5) is 2.71. The lowest BCUT2D eigenvalue weighted by Crippen LogP contribution is -2.37. The van der Waals surface area contributed by atoms with Crippen molar-refractivity contribution >= 4 is 22.8 Å². The summed E-state index contributed by atoms with van der Waals surface area (Å²) in [5.74, 6) is 0.597. The molecule has 0 fully saturated rings. The van der Waals surface area contributed by atoms with Gasteiger partial charge in [-0.3, -0.25) is 0 Å². The fourth-order valence-electron chi connectivity index (χ4n) is 4.90. The van der Waals surface area contributed by atoms with Crippen LogP contribution in [0.15, 0.2) is 40.1 Å². The third kappa shape index (κ3) is 2.58. The van der Waals surface area contributed by atoms with E-state index in [4.69, 9.17) is 0 Å². The van der Waals surface area contributed by atoms with E-state index < -0.39 is 0 Å². The number of hydrogen-bond acceptors (Lipinski definition) is 1. The topological polar surface area (TPSA) is 8.81 Å². The SMILES string of the molecule is CC(C)Cn1[c-][n+]2c3c(cccc31)Sc1cc3c(cc1-2)C(C)(C)CCC3(C)C. The maximum absolute atomic E-state index is 3.69. The predicted octanol–water partition coefficient (Wildman–Crippen LogP) is 6.19. The van der Waals surface area contributed by atoms with Crippen molar-refractivity contribution in [2.75, 3.05) is 0 Å². The third-order valence-corrected chi connectivity index (χ3v) is 7.75. The Bertz CT molecular complexity index is 1100. The van der Waals surface area contributed by atoms with Gasteiger partial charge in [0.05, 0.1) is 23.3 Å². The molecule has 0 N–H and O–H groups in total. The van der Waals surface area contributed by atoms with Gasteiger partial charge in [0.1, 0.15) is 0 Å². The second-order valence-electron chi connectivity index (χ2n) is 10.3. The van der Waals surface area contributed by atoms with Gasteiger partial charge in [-0.15, -0.1) is 11.8 Å². The van der Waals surface area contributed by atoms with Gasteiger partial charge in [0, 0.05) is 9.79 Å². The molecule has 0 spiro atoms. The summed E-state index contributed by atoms with van der Waals surface area (Å²) in [7, 11) is 0. The van der Waals surface area contributed by atoms with Gasteiger partial charge in [-0.1, -0.05) is 65.8 Å². The Labute approximate surface area is 173 Å². The molecular weight excluding hydrogens is 360 g/mol. The fraction of sp³-hybridized carbons (Fsp3) is 0.480. The van der Waals surface area contributed by atoms with Crippen molar-refractivity contribution in [1.29, 1.82) is 0 Å². The molecule has 2 heterocycles. The molecule has 3 heteroatoms. The predicted molar refractivity (Wildman–Crippen MR) is 117 cm³/mol. The summed E-state index contributed by atoms with van der Waals surface area (Å²) >= 11 is 1.93. The molecule has 3 aromatic rings. The molecule has 1 aromatic heterocycles. The summed E-state index contributed by atoms with van der Waals surface area (Å²) in [6.07, 6.45) is 6.19. The average Bonchev–Trinajstić information content (AvgIpc) is 2.98. The fourth-order valence-corrected chi connectivity index (χ4v) is 6.00. The van der Waals surface area contributed by atoms with E-state index in [0.717, 1.165) is 6.54 Å². The van der Waals surface area contributed by atoms with Crippen LogP contribution in [-0.2, 0) is 17.4 Å². The van der Waals surface area contributed by atoms with Crippen LogP contribution < -0.4 is 4.57 Å². The van der Waals surface area contributed by atoms with Gasteiger partial charge in [-0.25, -0.2) is 0 Å². The van der Waals surface area contributed by atoms with Gasteiger partial charge in [-0.2, -0.15) is 0 Å². The van der Waals surface area contributed by atoms with Crippen molar-refractivity contribution < 1.29 is 4.57 Å². The molecule has 146 valence electrons. The highest BCUT2D eigenvalue weighted by atomic mass is 32.2. The molecule has 0 bridgehead atoms. The average molecular weight is 391 g/mol. The lowest BCUT2D eigenvalue weighted by Gasteiger charge is -2.43. The first kappa shape index (κ1) is 18.3. The zero-order valence-electron chi connectivity index (χ0n) is 17.9. The minimum atomic E-state index is 0.224. The number of hydrogen-bond donors (Lipinski definition) is 0. The van der Waals surface area contributed by atoms with E-state index in [9.17, 15) is 0 Å². The minimum Gasteiger partial charge on any atom is -0.317 e. The van der Waals surface area contributed by atoms with E-state index in [0.29, 0.717) is 5.92 Å². The maximum Gasteiger partial charge on any atom is 0.244 e.